The molecule has 2 rings (SSSR count). The predicted molar refractivity (Wildman–Crippen MR) is 81.3 cm³/mol. The van der Waals surface area contributed by atoms with Gasteiger partial charge < -0.3 is 20.1 Å². The fourth-order valence-corrected chi connectivity index (χ4v) is 2.57. The van der Waals surface area contributed by atoms with Gasteiger partial charge in [0.2, 0.25) is 5.91 Å². The highest BCUT2D eigenvalue weighted by Crippen LogP contribution is 2.19. The number of carbonyl (C=O) groups is 1. The van der Waals surface area contributed by atoms with E-state index in [4.69, 9.17) is 9.47 Å². The zero-order valence-corrected chi connectivity index (χ0v) is 12.9. The Labute approximate surface area is 126 Å². The average molecular weight is 292 g/mol. The molecule has 1 heterocycles. The molecule has 1 saturated heterocycles. The van der Waals surface area contributed by atoms with E-state index in [-0.39, 0.29) is 23.9 Å². The largest absolute Gasteiger partial charge is 0.497 e. The van der Waals surface area contributed by atoms with Crippen LogP contribution in [0.3, 0.4) is 0 Å². The van der Waals surface area contributed by atoms with Crippen molar-refractivity contribution in [3.05, 3.63) is 29.8 Å². The van der Waals surface area contributed by atoms with Gasteiger partial charge in [-0.3, -0.25) is 4.79 Å². The maximum Gasteiger partial charge on any atom is 0.227 e. The summed E-state index contributed by atoms with van der Waals surface area (Å²) >= 11 is 0. The summed E-state index contributed by atoms with van der Waals surface area (Å²) in [5.74, 6) is 0.737. The SMILES string of the molecule is CCNC1COCC1C(=O)NC(C)c1ccc(OC)cc1. The lowest BCUT2D eigenvalue weighted by atomic mass is 10.0. The van der Waals surface area contributed by atoms with Crippen LogP contribution in [0.4, 0.5) is 0 Å². The second-order valence-electron chi connectivity index (χ2n) is 5.31. The number of methoxy groups -OCH3 is 1. The normalized spacial score (nSPS) is 22.8. The molecule has 1 fully saturated rings. The number of rotatable bonds is 6. The standard InChI is InChI=1S/C16H24N2O3/c1-4-17-15-10-21-9-14(15)16(19)18-11(2)12-5-7-13(20-3)8-6-12/h5-8,11,14-15,17H,4,9-10H2,1-3H3,(H,18,19). The number of benzene rings is 1. The molecule has 0 aromatic heterocycles. The van der Waals surface area contributed by atoms with Gasteiger partial charge >= 0.3 is 0 Å². The van der Waals surface area contributed by atoms with Gasteiger partial charge in [0.25, 0.3) is 0 Å². The second-order valence-corrected chi connectivity index (χ2v) is 5.31. The zero-order valence-electron chi connectivity index (χ0n) is 12.9. The van der Waals surface area contributed by atoms with E-state index in [9.17, 15) is 4.79 Å². The predicted octanol–water partition coefficient (Wildman–Crippen LogP) is 1.50. The minimum absolute atomic E-state index is 0.0358. The van der Waals surface area contributed by atoms with Gasteiger partial charge in [-0.1, -0.05) is 19.1 Å². The van der Waals surface area contributed by atoms with E-state index in [2.05, 4.69) is 10.6 Å². The lowest BCUT2D eigenvalue weighted by Gasteiger charge is -2.21. The summed E-state index contributed by atoms with van der Waals surface area (Å²) in [6, 6.07) is 7.81. The highest BCUT2D eigenvalue weighted by atomic mass is 16.5. The third-order valence-corrected chi connectivity index (χ3v) is 3.86. The topological polar surface area (TPSA) is 59.6 Å². The molecule has 2 N–H and O–H groups in total. The van der Waals surface area contributed by atoms with Crippen molar-refractivity contribution in [2.75, 3.05) is 26.9 Å². The molecule has 3 atom stereocenters. The molecule has 0 radical (unpaired) electrons. The van der Waals surface area contributed by atoms with Crippen molar-refractivity contribution in [2.24, 2.45) is 5.92 Å². The zero-order chi connectivity index (χ0) is 15.2. The van der Waals surface area contributed by atoms with Crippen LogP contribution in [0.25, 0.3) is 0 Å². The van der Waals surface area contributed by atoms with Crippen molar-refractivity contribution in [1.29, 1.82) is 0 Å². The van der Waals surface area contributed by atoms with Gasteiger partial charge in [0.1, 0.15) is 5.75 Å². The number of hydrogen-bond acceptors (Lipinski definition) is 4. The summed E-state index contributed by atoms with van der Waals surface area (Å²) in [5, 5.41) is 6.37. The van der Waals surface area contributed by atoms with E-state index in [1.165, 1.54) is 0 Å². The highest BCUT2D eigenvalue weighted by molar-refractivity contribution is 5.80. The quantitative estimate of drug-likeness (QED) is 0.834. The number of carbonyl (C=O) groups excluding carboxylic acids is 1. The van der Waals surface area contributed by atoms with Crippen molar-refractivity contribution in [2.45, 2.75) is 25.9 Å². The van der Waals surface area contributed by atoms with Crippen LogP contribution >= 0.6 is 0 Å². The van der Waals surface area contributed by atoms with E-state index in [0.29, 0.717) is 13.2 Å². The Kier molecular flexibility index (Phi) is 5.59. The first-order chi connectivity index (χ1) is 10.2. The molecule has 3 unspecified atom stereocenters. The van der Waals surface area contributed by atoms with Gasteiger partial charge in [0.05, 0.1) is 32.3 Å². The minimum atomic E-state index is -0.120. The average Bonchev–Trinajstić information content (AvgIpc) is 2.96. The molecular weight excluding hydrogens is 268 g/mol. The number of hydrogen-bond donors (Lipinski definition) is 2. The Hall–Kier alpha value is -1.59. The summed E-state index contributed by atoms with van der Waals surface area (Å²) in [5.41, 5.74) is 1.06. The van der Waals surface area contributed by atoms with Crippen molar-refractivity contribution in [1.82, 2.24) is 10.6 Å². The van der Waals surface area contributed by atoms with Gasteiger partial charge in [0, 0.05) is 6.04 Å². The first-order valence-electron chi connectivity index (χ1n) is 7.41. The molecule has 1 amide bonds. The van der Waals surface area contributed by atoms with Crippen LogP contribution in [0.15, 0.2) is 24.3 Å². The van der Waals surface area contributed by atoms with Crippen LogP contribution in [0, 0.1) is 5.92 Å². The van der Waals surface area contributed by atoms with E-state index in [1.807, 2.05) is 38.1 Å². The third-order valence-electron chi connectivity index (χ3n) is 3.86. The fraction of sp³-hybridized carbons (Fsp3) is 0.562. The summed E-state index contributed by atoms with van der Waals surface area (Å²) < 4.78 is 10.6. The summed E-state index contributed by atoms with van der Waals surface area (Å²) in [6.45, 7) is 5.94. The van der Waals surface area contributed by atoms with Gasteiger partial charge in [-0.15, -0.1) is 0 Å². The lowest BCUT2D eigenvalue weighted by Crippen LogP contribution is -2.44. The number of nitrogens with one attached hydrogen (secondary N) is 2. The van der Waals surface area contributed by atoms with Crippen LogP contribution in [-0.2, 0) is 9.53 Å². The Bertz CT molecular complexity index is 461. The van der Waals surface area contributed by atoms with E-state index >= 15 is 0 Å². The maximum atomic E-state index is 12.4. The van der Waals surface area contributed by atoms with Crippen LogP contribution in [0.2, 0.25) is 0 Å². The number of likely N-dealkylation sites (N-methyl/N-ethyl adjacent to an activating group) is 1. The molecule has 0 saturated carbocycles. The molecule has 116 valence electrons. The van der Waals surface area contributed by atoms with Crippen LogP contribution < -0.4 is 15.4 Å². The van der Waals surface area contributed by atoms with Gasteiger partial charge in [-0.25, -0.2) is 0 Å². The van der Waals surface area contributed by atoms with Gasteiger partial charge in [-0.2, -0.15) is 0 Å². The molecule has 5 nitrogen and oxygen atoms in total. The molecule has 0 spiro atoms. The molecule has 5 heteroatoms. The van der Waals surface area contributed by atoms with Gasteiger partial charge in [-0.05, 0) is 31.2 Å². The number of amides is 1. The van der Waals surface area contributed by atoms with E-state index < -0.39 is 0 Å². The fourth-order valence-electron chi connectivity index (χ4n) is 2.57. The Morgan fingerprint density at radius 3 is 2.71 bits per heavy atom. The first-order valence-corrected chi connectivity index (χ1v) is 7.41. The van der Waals surface area contributed by atoms with Crippen molar-refractivity contribution >= 4 is 5.91 Å². The van der Waals surface area contributed by atoms with Crippen molar-refractivity contribution < 1.29 is 14.3 Å². The summed E-state index contributed by atoms with van der Waals surface area (Å²) in [6.07, 6.45) is 0. The molecular formula is C16H24N2O3. The molecule has 0 bridgehead atoms. The Morgan fingerprint density at radius 1 is 1.38 bits per heavy atom. The Balaban J connectivity index is 1.94. The Morgan fingerprint density at radius 2 is 2.10 bits per heavy atom. The van der Waals surface area contributed by atoms with Crippen molar-refractivity contribution in [3.63, 3.8) is 0 Å². The molecule has 1 aliphatic rings. The summed E-state index contributed by atoms with van der Waals surface area (Å²) in [7, 11) is 1.64. The molecule has 1 aromatic carbocycles. The second kappa shape index (κ2) is 7.43. The van der Waals surface area contributed by atoms with Gasteiger partial charge in [0.15, 0.2) is 0 Å². The monoisotopic (exact) mass is 292 g/mol. The molecule has 21 heavy (non-hydrogen) atoms. The minimum Gasteiger partial charge on any atom is -0.497 e. The smallest absolute Gasteiger partial charge is 0.227 e. The van der Waals surface area contributed by atoms with Crippen LogP contribution in [0.5, 0.6) is 5.75 Å². The number of ether oxygens (including phenoxy) is 2. The first kappa shape index (κ1) is 15.8. The van der Waals surface area contributed by atoms with Crippen molar-refractivity contribution in [3.8, 4) is 5.75 Å². The molecule has 1 aliphatic heterocycles. The van der Waals surface area contributed by atoms with E-state index in [1.54, 1.807) is 7.11 Å². The van der Waals surface area contributed by atoms with Crippen LogP contribution in [-0.4, -0.2) is 38.8 Å². The van der Waals surface area contributed by atoms with Crippen LogP contribution in [0.1, 0.15) is 25.5 Å². The lowest BCUT2D eigenvalue weighted by molar-refractivity contribution is -0.126. The molecule has 0 aliphatic carbocycles. The maximum absolute atomic E-state index is 12.4. The molecule has 1 aromatic rings. The summed E-state index contributed by atoms with van der Waals surface area (Å²) in [4.78, 5) is 12.4. The third kappa shape index (κ3) is 3.95. The van der Waals surface area contributed by atoms with E-state index in [0.717, 1.165) is 17.9 Å². The highest BCUT2D eigenvalue weighted by Gasteiger charge is 2.33.